The van der Waals surface area contributed by atoms with E-state index in [4.69, 9.17) is 16.0 Å². The van der Waals surface area contributed by atoms with Crippen LogP contribution in [0.3, 0.4) is 0 Å². The molecule has 2 heterocycles. The summed E-state index contributed by atoms with van der Waals surface area (Å²) in [5.74, 6) is 0.301. The normalized spacial score (nSPS) is 10.6. The molecule has 7 nitrogen and oxygen atoms in total. The lowest BCUT2D eigenvalue weighted by Crippen LogP contribution is -1.89. The molecule has 3 rings (SSSR count). The number of pyridine rings is 1. The second-order valence-electron chi connectivity index (χ2n) is 4.07. The Labute approximate surface area is 133 Å². The summed E-state index contributed by atoms with van der Waals surface area (Å²) in [5.41, 5.74) is 0.562. The molecule has 0 N–H and O–H groups in total. The minimum Gasteiger partial charge on any atom is -0.411 e. The van der Waals surface area contributed by atoms with Crippen molar-refractivity contribution < 1.29 is 9.34 Å². The van der Waals surface area contributed by atoms with Gasteiger partial charge in [-0.15, -0.1) is 10.2 Å². The van der Waals surface area contributed by atoms with Crippen molar-refractivity contribution in [3.63, 3.8) is 0 Å². The number of benzene rings is 1. The first kappa shape index (κ1) is 14.5. The number of rotatable bonds is 4. The summed E-state index contributed by atoms with van der Waals surface area (Å²) < 4.78 is 5.51. The number of hydrogen-bond acceptors (Lipinski definition) is 7. The van der Waals surface area contributed by atoms with E-state index in [1.165, 1.54) is 18.3 Å². The second kappa shape index (κ2) is 6.12. The first-order chi connectivity index (χ1) is 10.6. The van der Waals surface area contributed by atoms with Crippen LogP contribution in [0.4, 0.5) is 5.69 Å². The number of aromatic nitrogens is 3. The van der Waals surface area contributed by atoms with Gasteiger partial charge in [-0.1, -0.05) is 23.7 Å². The highest BCUT2D eigenvalue weighted by atomic mass is 35.5. The van der Waals surface area contributed by atoms with Crippen LogP contribution in [-0.2, 0) is 0 Å². The van der Waals surface area contributed by atoms with Gasteiger partial charge in [0.25, 0.3) is 10.9 Å². The van der Waals surface area contributed by atoms with Crippen molar-refractivity contribution in [2.24, 2.45) is 0 Å². The Morgan fingerprint density at radius 1 is 1.18 bits per heavy atom. The summed E-state index contributed by atoms with van der Waals surface area (Å²) in [4.78, 5) is 14.0. The fraction of sp³-hybridized carbons (Fsp3) is 0. The van der Waals surface area contributed by atoms with Gasteiger partial charge in [0.05, 0.1) is 15.5 Å². The molecular formula is C13H7ClN4O3S. The lowest BCUT2D eigenvalue weighted by atomic mass is 10.2. The molecule has 0 radical (unpaired) electrons. The Bertz CT molecular complexity index is 822. The smallest absolute Gasteiger partial charge is 0.287 e. The van der Waals surface area contributed by atoms with Crippen LogP contribution < -0.4 is 0 Å². The molecule has 0 spiro atoms. The molecule has 9 heteroatoms. The Morgan fingerprint density at radius 3 is 2.68 bits per heavy atom. The van der Waals surface area contributed by atoms with Crippen molar-refractivity contribution >= 4 is 29.1 Å². The first-order valence-corrected chi connectivity index (χ1v) is 7.19. The third-order valence-corrected chi connectivity index (χ3v) is 3.75. The van der Waals surface area contributed by atoms with Crippen molar-refractivity contribution in [1.82, 2.24) is 15.2 Å². The van der Waals surface area contributed by atoms with Crippen LogP contribution in [0.1, 0.15) is 0 Å². The van der Waals surface area contributed by atoms with E-state index >= 15 is 0 Å². The number of nitrogens with zero attached hydrogens (tertiary/aromatic N) is 4. The van der Waals surface area contributed by atoms with Crippen molar-refractivity contribution in [3.8, 4) is 11.5 Å². The zero-order chi connectivity index (χ0) is 15.5. The van der Waals surface area contributed by atoms with Crippen molar-refractivity contribution in [2.75, 3.05) is 0 Å². The van der Waals surface area contributed by atoms with Gasteiger partial charge in [0.15, 0.2) is 0 Å². The molecule has 0 unspecified atom stereocenters. The average Bonchev–Trinajstić information content (AvgIpc) is 2.96. The Balaban J connectivity index is 1.80. The standard InChI is InChI=1S/C13H7ClN4O3S/c14-10-4-2-1-3-9(10)12-16-17-13(21-12)22-11-6-5-8(7-15-11)18(19)20/h1-7H. The average molecular weight is 335 g/mol. The monoisotopic (exact) mass is 334 g/mol. The highest BCUT2D eigenvalue weighted by Gasteiger charge is 2.13. The first-order valence-electron chi connectivity index (χ1n) is 6.00. The Morgan fingerprint density at radius 2 is 2.00 bits per heavy atom. The van der Waals surface area contributed by atoms with Crippen LogP contribution in [0.15, 0.2) is 57.3 Å². The molecule has 0 amide bonds. The molecule has 0 fully saturated rings. The molecule has 0 bridgehead atoms. The topological polar surface area (TPSA) is 95.0 Å². The summed E-state index contributed by atoms with van der Waals surface area (Å²) in [7, 11) is 0. The van der Waals surface area contributed by atoms with E-state index in [2.05, 4.69) is 15.2 Å². The van der Waals surface area contributed by atoms with Gasteiger partial charge in [0, 0.05) is 6.07 Å². The second-order valence-corrected chi connectivity index (χ2v) is 5.45. The van der Waals surface area contributed by atoms with Gasteiger partial charge < -0.3 is 4.42 Å². The quantitative estimate of drug-likeness (QED) is 0.528. The largest absolute Gasteiger partial charge is 0.411 e. The minimum absolute atomic E-state index is 0.0772. The molecule has 0 atom stereocenters. The van der Waals surface area contributed by atoms with Gasteiger partial charge in [-0.25, -0.2) is 4.98 Å². The van der Waals surface area contributed by atoms with E-state index in [-0.39, 0.29) is 10.9 Å². The maximum absolute atomic E-state index is 10.6. The zero-order valence-electron chi connectivity index (χ0n) is 10.8. The van der Waals surface area contributed by atoms with Gasteiger partial charge in [-0.3, -0.25) is 10.1 Å². The van der Waals surface area contributed by atoms with Crippen LogP contribution in [0.5, 0.6) is 0 Å². The molecule has 0 saturated carbocycles. The molecule has 0 aliphatic carbocycles. The predicted molar refractivity (Wildman–Crippen MR) is 79.8 cm³/mol. The third-order valence-electron chi connectivity index (χ3n) is 2.63. The van der Waals surface area contributed by atoms with E-state index in [9.17, 15) is 10.1 Å². The van der Waals surface area contributed by atoms with E-state index in [1.807, 2.05) is 6.07 Å². The fourth-order valence-electron chi connectivity index (χ4n) is 1.62. The molecule has 110 valence electrons. The lowest BCUT2D eigenvalue weighted by Gasteiger charge is -1.97. The lowest BCUT2D eigenvalue weighted by molar-refractivity contribution is -0.385. The highest BCUT2D eigenvalue weighted by Crippen LogP contribution is 2.31. The summed E-state index contributed by atoms with van der Waals surface area (Å²) >= 11 is 7.18. The molecule has 3 aromatic rings. The molecule has 2 aromatic heterocycles. The minimum atomic E-state index is -0.510. The Hall–Kier alpha value is -2.45. The van der Waals surface area contributed by atoms with Crippen LogP contribution in [-0.4, -0.2) is 20.1 Å². The highest BCUT2D eigenvalue weighted by molar-refractivity contribution is 7.99. The van der Waals surface area contributed by atoms with Gasteiger partial charge in [-0.05, 0) is 30.0 Å². The van der Waals surface area contributed by atoms with Crippen molar-refractivity contribution in [3.05, 3.63) is 57.7 Å². The molecule has 1 aromatic carbocycles. The van der Waals surface area contributed by atoms with Gasteiger partial charge in [0.2, 0.25) is 5.89 Å². The molecule has 0 aliphatic rings. The zero-order valence-corrected chi connectivity index (χ0v) is 12.4. The van der Waals surface area contributed by atoms with Gasteiger partial charge in [-0.2, -0.15) is 0 Å². The summed E-state index contributed by atoms with van der Waals surface area (Å²) in [6, 6.07) is 10.00. The van der Waals surface area contributed by atoms with Crippen LogP contribution >= 0.6 is 23.4 Å². The molecule has 0 saturated heterocycles. The number of nitro groups is 1. The predicted octanol–water partition coefficient (Wildman–Crippen LogP) is 3.84. The molecule has 0 aliphatic heterocycles. The van der Waals surface area contributed by atoms with E-state index in [0.717, 1.165) is 11.8 Å². The van der Waals surface area contributed by atoms with E-state index in [0.29, 0.717) is 21.5 Å². The third kappa shape index (κ3) is 3.07. The van der Waals surface area contributed by atoms with Crippen LogP contribution in [0, 0.1) is 10.1 Å². The maximum atomic E-state index is 10.6. The number of hydrogen-bond donors (Lipinski definition) is 0. The van der Waals surface area contributed by atoms with E-state index < -0.39 is 4.92 Å². The van der Waals surface area contributed by atoms with Crippen LogP contribution in [0.25, 0.3) is 11.5 Å². The summed E-state index contributed by atoms with van der Waals surface area (Å²) in [6.45, 7) is 0. The van der Waals surface area contributed by atoms with Gasteiger partial charge >= 0.3 is 0 Å². The molecule has 22 heavy (non-hydrogen) atoms. The van der Waals surface area contributed by atoms with Crippen molar-refractivity contribution in [1.29, 1.82) is 0 Å². The summed E-state index contributed by atoms with van der Waals surface area (Å²) in [6.07, 6.45) is 1.17. The molecular weight excluding hydrogens is 328 g/mol. The number of halogens is 1. The fourth-order valence-corrected chi connectivity index (χ4v) is 2.46. The van der Waals surface area contributed by atoms with Crippen molar-refractivity contribution in [2.45, 2.75) is 10.2 Å². The Kier molecular flexibility index (Phi) is 4.03. The van der Waals surface area contributed by atoms with E-state index in [1.54, 1.807) is 18.2 Å². The van der Waals surface area contributed by atoms with Gasteiger partial charge in [0.1, 0.15) is 11.2 Å². The van der Waals surface area contributed by atoms with Crippen LogP contribution in [0.2, 0.25) is 5.02 Å². The SMILES string of the molecule is O=[N+]([O-])c1ccc(Sc2nnc(-c3ccccc3Cl)o2)nc1. The summed E-state index contributed by atoms with van der Waals surface area (Å²) in [5, 5.41) is 19.7. The maximum Gasteiger partial charge on any atom is 0.287 e.